The van der Waals surface area contributed by atoms with Gasteiger partial charge in [-0.1, -0.05) is 0 Å². The number of aromatic amines is 1. The SMILES string of the molecule is NC(=O)CCC(NC(=O)CNC(=O)C(N)Cc1cnc[nH]1)C(=O)NC(CCC(=O)O)C(=O)O. The number of H-pyrrole nitrogens is 1. The molecule has 15 nitrogen and oxygen atoms in total. The number of nitrogens with two attached hydrogens (primary N) is 2. The molecule has 0 bridgehead atoms. The molecule has 3 unspecified atom stereocenters. The molecule has 0 aliphatic rings. The summed E-state index contributed by atoms with van der Waals surface area (Å²) in [5, 5.41) is 24.6. The number of aliphatic carboxylic acids is 2. The molecular formula is C18H27N7O8. The van der Waals surface area contributed by atoms with Crippen molar-refractivity contribution in [3.8, 4) is 0 Å². The van der Waals surface area contributed by atoms with Crippen molar-refractivity contribution in [2.24, 2.45) is 11.5 Å². The van der Waals surface area contributed by atoms with Crippen molar-refractivity contribution in [2.45, 2.75) is 50.2 Å². The zero-order valence-corrected chi connectivity index (χ0v) is 17.6. The van der Waals surface area contributed by atoms with Gasteiger partial charge in [0.1, 0.15) is 12.1 Å². The summed E-state index contributed by atoms with van der Waals surface area (Å²) in [5.41, 5.74) is 11.4. The van der Waals surface area contributed by atoms with Crippen LogP contribution in [0.25, 0.3) is 0 Å². The molecule has 15 heteroatoms. The van der Waals surface area contributed by atoms with Gasteiger partial charge in [-0.05, 0) is 12.8 Å². The smallest absolute Gasteiger partial charge is 0.326 e. The summed E-state index contributed by atoms with van der Waals surface area (Å²) in [6.07, 6.45) is 1.60. The lowest BCUT2D eigenvalue weighted by molar-refractivity contribution is -0.143. The molecule has 0 saturated heterocycles. The van der Waals surface area contributed by atoms with E-state index in [1.807, 2.05) is 0 Å². The molecule has 33 heavy (non-hydrogen) atoms. The number of carbonyl (C=O) groups excluding carboxylic acids is 4. The molecule has 0 saturated carbocycles. The summed E-state index contributed by atoms with van der Waals surface area (Å²) in [4.78, 5) is 76.3. The van der Waals surface area contributed by atoms with Gasteiger partial charge in [0.2, 0.25) is 23.6 Å². The minimum Gasteiger partial charge on any atom is -0.481 e. The molecule has 0 radical (unpaired) electrons. The van der Waals surface area contributed by atoms with Gasteiger partial charge < -0.3 is 42.6 Å². The zero-order chi connectivity index (χ0) is 25.0. The molecule has 0 aliphatic carbocycles. The minimum atomic E-state index is -1.53. The molecule has 0 aromatic carbocycles. The number of nitrogens with zero attached hydrogens (tertiary/aromatic N) is 1. The number of imidazole rings is 1. The Morgan fingerprint density at radius 3 is 2.21 bits per heavy atom. The van der Waals surface area contributed by atoms with Gasteiger partial charge in [-0.25, -0.2) is 9.78 Å². The topological polar surface area (TPSA) is 260 Å². The first-order valence-corrected chi connectivity index (χ1v) is 9.82. The maximum atomic E-state index is 12.5. The molecule has 1 aromatic heterocycles. The van der Waals surface area contributed by atoms with Crippen LogP contribution in [0.5, 0.6) is 0 Å². The highest BCUT2D eigenvalue weighted by molar-refractivity contribution is 5.93. The number of hydrogen-bond donors (Lipinski definition) is 8. The van der Waals surface area contributed by atoms with Crippen LogP contribution in [0.1, 0.15) is 31.4 Å². The summed E-state index contributed by atoms with van der Waals surface area (Å²) in [5.74, 6) is -5.89. The molecule has 0 spiro atoms. The molecule has 4 amide bonds. The number of primary amides is 1. The van der Waals surface area contributed by atoms with Crippen molar-refractivity contribution in [2.75, 3.05) is 6.54 Å². The van der Waals surface area contributed by atoms with Crippen molar-refractivity contribution in [3.05, 3.63) is 18.2 Å². The number of nitrogens with one attached hydrogen (secondary N) is 4. The van der Waals surface area contributed by atoms with E-state index < -0.39 is 73.1 Å². The average molecular weight is 469 g/mol. The van der Waals surface area contributed by atoms with Gasteiger partial charge in [0.05, 0.1) is 18.9 Å². The van der Waals surface area contributed by atoms with Gasteiger partial charge in [0, 0.05) is 31.2 Å². The molecule has 1 aromatic rings. The third-order valence-electron chi connectivity index (χ3n) is 4.35. The van der Waals surface area contributed by atoms with Gasteiger partial charge in [-0.15, -0.1) is 0 Å². The summed E-state index contributed by atoms with van der Waals surface area (Å²) < 4.78 is 0. The Hall–Kier alpha value is -4.01. The molecule has 1 heterocycles. The van der Waals surface area contributed by atoms with E-state index in [2.05, 4.69) is 25.9 Å². The van der Waals surface area contributed by atoms with Gasteiger partial charge >= 0.3 is 11.9 Å². The van der Waals surface area contributed by atoms with E-state index in [-0.39, 0.29) is 19.3 Å². The van der Waals surface area contributed by atoms with E-state index >= 15 is 0 Å². The quantitative estimate of drug-likeness (QED) is 0.126. The van der Waals surface area contributed by atoms with Crippen LogP contribution >= 0.6 is 0 Å². The highest BCUT2D eigenvalue weighted by Gasteiger charge is 2.27. The van der Waals surface area contributed by atoms with Crippen molar-refractivity contribution in [1.82, 2.24) is 25.9 Å². The molecule has 3 atom stereocenters. The monoisotopic (exact) mass is 469 g/mol. The normalized spacial score (nSPS) is 13.2. The van der Waals surface area contributed by atoms with Crippen LogP contribution in [-0.4, -0.2) is 80.4 Å². The number of amides is 4. The summed E-state index contributed by atoms with van der Waals surface area (Å²) in [7, 11) is 0. The van der Waals surface area contributed by atoms with Crippen molar-refractivity contribution >= 4 is 35.6 Å². The number of carboxylic acid groups (broad SMARTS) is 2. The van der Waals surface area contributed by atoms with E-state index in [0.29, 0.717) is 5.69 Å². The first kappa shape index (κ1) is 27.0. The highest BCUT2D eigenvalue weighted by atomic mass is 16.4. The summed E-state index contributed by atoms with van der Waals surface area (Å²) in [6, 6.07) is -3.85. The van der Waals surface area contributed by atoms with Crippen LogP contribution < -0.4 is 27.4 Å². The molecule has 182 valence electrons. The lowest BCUT2D eigenvalue weighted by Gasteiger charge is -2.21. The Balaban J connectivity index is 2.67. The van der Waals surface area contributed by atoms with Gasteiger partial charge in [-0.3, -0.25) is 24.0 Å². The fourth-order valence-corrected chi connectivity index (χ4v) is 2.62. The van der Waals surface area contributed by atoms with Crippen LogP contribution in [0, 0.1) is 0 Å². The van der Waals surface area contributed by atoms with E-state index in [9.17, 15) is 33.9 Å². The Morgan fingerprint density at radius 1 is 1.00 bits per heavy atom. The van der Waals surface area contributed by atoms with E-state index in [0.717, 1.165) is 0 Å². The number of aromatic nitrogens is 2. The first-order valence-electron chi connectivity index (χ1n) is 9.82. The fraction of sp³-hybridized carbons (Fsp3) is 0.500. The van der Waals surface area contributed by atoms with E-state index in [1.165, 1.54) is 12.5 Å². The zero-order valence-electron chi connectivity index (χ0n) is 17.6. The maximum absolute atomic E-state index is 12.5. The minimum absolute atomic E-state index is 0.143. The van der Waals surface area contributed by atoms with Gasteiger partial charge in [-0.2, -0.15) is 0 Å². The molecule has 0 aliphatic heterocycles. The number of carboxylic acids is 2. The predicted molar refractivity (Wildman–Crippen MR) is 110 cm³/mol. The van der Waals surface area contributed by atoms with E-state index in [4.69, 9.17) is 16.6 Å². The van der Waals surface area contributed by atoms with Crippen LogP contribution in [0.2, 0.25) is 0 Å². The van der Waals surface area contributed by atoms with Crippen LogP contribution in [0.4, 0.5) is 0 Å². The Bertz CT molecular complexity index is 858. The lowest BCUT2D eigenvalue weighted by atomic mass is 10.1. The Labute approximate surface area is 187 Å². The predicted octanol–water partition coefficient (Wildman–Crippen LogP) is -3.42. The number of hydrogen-bond acceptors (Lipinski definition) is 8. The third-order valence-corrected chi connectivity index (χ3v) is 4.35. The molecule has 0 fully saturated rings. The summed E-state index contributed by atoms with van der Waals surface area (Å²) >= 11 is 0. The molecular weight excluding hydrogens is 442 g/mol. The van der Waals surface area contributed by atoms with Crippen molar-refractivity contribution in [1.29, 1.82) is 0 Å². The second-order valence-electron chi connectivity index (χ2n) is 7.06. The lowest BCUT2D eigenvalue weighted by Crippen LogP contribution is -2.54. The third kappa shape index (κ3) is 10.7. The fourth-order valence-electron chi connectivity index (χ4n) is 2.62. The Morgan fingerprint density at radius 2 is 1.67 bits per heavy atom. The summed E-state index contributed by atoms with van der Waals surface area (Å²) in [6.45, 7) is -0.544. The van der Waals surface area contributed by atoms with Crippen LogP contribution in [-0.2, 0) is 35.2 Å². The first-order chi connectivity index (χ1) is 15.5. The largest absolute Gasteiger partial charge is 0.481 e. The van der Waals surface area contributed by atoms with Crippen LogP contribution in [0.3, 0.4) is 0 Å². The average Bonchev–Trinajstić information content (AvgIpc) is 3.24. The second-order valence-corrected chi connectivity index (χ2v) is 7.06. The number of carbonyl (C=O) groups is 6. The number of rotatable bonds is 15. The van der Waals surface area contributed by atoms with E-state index in [1.54, 1.807) is 0 Å². The van der Waals surface area contributed by atoms with Gasteiger partial charge in [0.25, 0.3) is 0 Å². The standard InChI is InChI=1S/C18H27N7O8/c19-10(5-9-6-21-8-23-9)16(30)22-7-14(27)24-11(1-3-13(20)26)17(31)25-12(18(32)33)2-4-15(28)29/h6,8,10-12H,1-5,7,19H2,(H2,20,26)(H,21,23)(H,22,30)(H,24,27)(H,25,31)(H,28,29)(H,32,33). The van der Waals surface area contributed by atoms with Crippen molar-refractivity contribution < 1.29 is 39.0 Å². The second kappa shape index (κ2) is 13.4. The van der Waals surface area contributed by atoms with Crippen LogP contribution in [0.15, 0.2) is 12.5 Å². The van der Waals surface area contributed by atoms with Gasteiger partial charge in [0.15, 0.2) is 0 Å². The molecule has 1 rings (SSSR count). The Kier molecular flexibility index (Phi) is 11.0. The highest BCUT2D eigenvalue weighted by Crippen LogP contribution is 2.03. The van der Waals surface area contributed by atoms with Crippen molar-refractivity contribution in [3.63, 3.8) is 0 Å². The maximum Gasteiger partial charge on any atom is 0.326 e. The molecule has 10 N–H and O–H groups in total.